The van der Waals surface area contributed by atoms with Gasteiger partial charge in [0.1, 0.15) is 11.8 Å². The Morgan fingerprint density at radius 1 is 1.35 bits per heavy atom. The van der Waals surface area contributed by atoms with Crippen LogP contribution in [-0.2, 0) is 14.3 Å². The summed E-state index contributed by atoms with van der Waals surface area (Å²) in [5, 5.41) is 8.60. The van der Waals surface area contributed by atoms with Gasteiger partial charge in [-0.05, 0) is 46.5 Å². The number of carbonyl (C=O) groups excluding carboxylic acids is 1. The Bertz CT molecular complexity index is 337. The molecule has 116 valence electrons. The first-order chi connectivity index (χ1) is 9.29. The van der Waals surface area contributed by atoms with Crippen LogP contribution in [-0.4, -0.2) is 47.0 Å². The van der Waals surface area contributed by atoms with Crippen LogP contribution in [0, 0.1) is 0 Å². The van der Waals surface area contributed by atoms with Crippen LogP contribution in [0.4, 0.5) is 4.79 Å². The van der Waals surface area contributed by atoms with Crippen molar-refractivity contribution >= 4 is 12.1 Å². The second kappa shape index (κ2) is 7.47. The lowest BCUT2D eigenvalue weighted by Gasteiger charge is -2.36. The number of nitrogens with zero attached hydrogens (tertiary/aromatic N) is 1. The molecule has 0 spiro atoms. The zero-order chi connectivity index (χ0) is 15.2. The molecule has 1 aliphatic rings. The number of ether oxygens (including phenoxy) is 2. The topological polar surface area (TPSA) is 76.1 Å². The fraction of sp³-hybridized carbons (Fsp3) is 0.857. The van der Waals surface area contributed by atoms with E-state index in [9.17, 15) is 9.59 Å². The van der Waals surface area contributed by atoms with Crippen LogP contribution in [0.15, 0.2) is 0 Å². The van der Waals surface area contributed by atoms with Crippen molar-refractivity contribution in [3.8, 4) is 0 Å². The molecule has 1 N–H and O–H groups in total. The Morgan fingerprint density at radius 2 is 2.05 bits per heavy atom. The average molecular weight is 287 g/mol. The second-order valence-electron chi connectivity index (χ2n) is 5.99. The van der Waals surface area contributed by atoms with Crippen LogP contribution in [0.1, 0.15) is 52.9 Å². The van der Waals surface area contributed by atoms with Gasteiger partial charge in [0.05, 0.1) is 6.61 Å². The largest absolute Gasteiger partial charge is 0.481 e. The average Bonchev–Trinajstić information content (AvgIpc) is 2.32. The van der Waals surface area contributed by atoms with Gasteiger partial charge in [-0.25, -0.2) is 4.79 Å². The van der Waals surface area contributed by atoms with Crippen LogP contribution in [0.25, 0.3) is 0 Å². The van der Waals surface area contributed by atoms with Gasteiger partial charge < -0.3 is 14.6 Å². The van der Waals surface area contributed by atoms with Gasteiger partial charge in [-0.2, -0.15) is 0 Å². The van der Waals surface area contributed by atoms with E-state index in [2.05, 4.69) is 0 Å². The highest BCUT2D eigenvalue weighted by molar-refractivity contribution is 5.68. The molecule has 1 aliphatic heterocycles. The first kappa shape index (κ1) is 16.8. The normalized spacial score (nSPS) is 19.8. The third-order valence-electron chi connectivity index (χ3n) is 2.92. The van der Waals surface area contributed by atoms with Crippen molar-refractivity contribution in [3.05, 3.63) is 0 Å². The molecule has 6 heteroatoms. The maximum Gasteiger partial charge on any atom is 0.412 e. The van der Waals surface area contributed by atoms with Crippen LogP contribution in [0.2, 0.25) is 0 Å². The van der Waals surface area contributed by atoms with Crippen molar-refractivity contribution < 1.29 is 24.2 Å². The Labute approximate surface area is 120 Å². The summed E-state index contributed by atoms with van der Waals surface area (Å²) in [5.74, 6) is -0.793. The maximum atomic E-state index is 12.1. The molecule has 1 amide bonds. The zero-order valence-electron chi connectivity index (χ0n) is 12.6. The maximum absolute atomic E-state index is 12.1. The van der Waals surface area contributed by atoms with E-state index < -0.39 is 11.6 Å². The summed E-state index contributed by atoms with van der Waals surface area (Å²) in [4.78, 5) is 24.2. The zero-order valence-corrected chi connectivity index (χ0v) is 12.6. The molecule has 0 saturated carbocycles. The van der Waals surface area contributed by atoms with Crippen molar-refractivity contribution in [1.82, 2.24) is 4.90 Å². The van der Waals surface area contributed by atoms with Gasteiger partial charge in [0, 0.05) is 13.0 Å². The fourth-order valence-electron chi connectivity index (χ4n) is 2.05. The highest BCUT2D eigenvalue weighted by Gasteiger charge is 2.30. The van der Waals surface area contributed by atoms with Gasteiger partial charge in [-0.3, -0.25) is 9.69 Å². The molecule has 1 fully saturated rings. The summed E-state index contributed by atoms with van der Waals surface area (Å²) in [6, 6.07) is 0. The van der Waals surface area contributed by atoms with Gasteiger partial charge in [0.25, 0.3) is 0 Å². The van der Waals surface area contributed by atoms with E-state index in [4.69, 9.17) is 14.6 Å². The number of hydrogen-bond acceptors (Lipinski definition) is 4. The van der Waals surface area contributed by atoms with E-state index >= 15 is 0 Å². The first-order valence-corrected chi connectivity index (χ1v) is 7.12. The predicted molar refractivity (Wildman–Crippen MR) is 73.4 cm³/mol. The molecule has 1 heterocycles. The molecule has 0 aromatic carbocycles. The predicted octanol–water partition coefficient (Wildman–Crippen LogP) is 2.61. The summed E-state index contributed by atoms with van der Waals surface area (Å²) in [7, 11) is 0. The van der Waals surface area contributed by atoms with Crippen molar-refractivity contribution in [3.63, 3.8) is 0 Å². The van der Waals surface area contributed by atoms with Gasteiger partial charge in [0.2, 0.25) is 0 Å². The van der Waals surface area contributed by atoms with Crippen molar-refractivity contribution in [2.75, 3.05) is 13.2 Å². The van der Waals surface area contributed by atoms with E-state index in [1.54, 1.807) is 4.90 Å². The second-order valence-corrected chi connectivity index (χ2v) is 5.99. The summed E-state index contributed by atoms with van der Waals surface area (Å²) >= 11 is 0. The number of carboxylic acid groups (broad SMARTS) is 1. The molecule has 0 aromatic heterocycles. The van der Waals surface area contributed by atoms with Gasteiger partial charge >= 0.3 is 12.1 Å². The Morgan fingerprint density at radius 3 is 2.65 bits per heavy atom. The summed E-state index contributed by atoms with van der Waals surface area (Å²) in [6.45, 7) is 6.74. The van der Waals surface area contributed by atoms with E-state index in [0.717, 1.165) is 12.8 Å². The number of amides is 1. The monoisotopic (exact) mass is 287 g/mol. The summed E-state index contributed by atoms with van der Waals surface area (Å²) in [6.07, 6.45) is 2.25. The molecule has 1 unspecified atom stereocenters. The van der Waals surface area contributed by atoms with Gasteiger partial charge in [-0.1, -0.05) is 0 Å². The summed E-state index contributed by atoms with van der Waals surface area (Å²) < 4.78 is 11.0. The lowest BCUT2D eigenvalue weighted by molar-refractivity contribution is -0.137. The third-order valence-corrected chi connectivity index (χ3v) is 2.92. The first-order valence-electron chi connectivity index (χ1n) is 7.12. The van der Waals surface area contributed by atoms with Crippen LogP contribution < -0.4 is 0 Å². The number of carboxylic acids is 1. The molecule has 1 atom stereocenters. The lowest BCUT2D eigenvalue weighted by atomic mass is 10.1. The smallest absolute Gasteiger partial charge is 0.412 e. The molecule has 0 aromatic rings. The van der Waals surface area contributed by atoms with E-state index in [1.165, 1.54) is 0 Å². The SMILES string of the molecule is CC(C)(C)OC(=O)N1CCCOC1CCCCC(=O)O. The summed E-state index contributed by atoms with van der Waals surface area (Å²) in [5.41, 5.74) is -0.525. The van der Waals surface area contributed by atoms with Gasteiger partial charge in [0.15, 0.2) is 0 Å². The minimum Gasteiger partial charge on any atom is -0.481 e. The third kappa shape index (κ3) is 6.23. The number of unbranched alkanes of at least 4 members (excludes halogenated alkanes) is 1. The molecule has 6 nitrogen and oxygen atoms in total. The lowest BCUT2D eigenvalue weighted by Crippen LogP contribution is -2.48. The number of aliphatic carboxylic acids is 1. The van der Waals surface area contributed by atoms with Gasteiger partial charge in [-0.15, -0.1) is 0 Å². The Hall–Kier alpha value is -1.30. The molecule has 0 aliphatic carbocycles. The quantitative estimate of drug-likeness (QED) is 0.787. The molecule has 0 radical (unpaired) electrons. The molecule has 1 rings (SSSR count). The molecule has 1 saturated heterocycles. The van der Waals surface area contributed by atoms with E-state index in [1.807, 2.05) is 20.8 Å². The van der Waals surface area contributed by atoms with E-state index in [0.29, 0.717) is 26.0 Å². The van der Waals surface area contributed by atoms with Crippen LogP contribution in [0.3, 0.4) is 0 Å². The minimum atomic E-state index is -0.793. The van der Waals surface area contributed by atoms with E-state index in [-0.39, 0.29) is 18.7 Å². The van der Waals surface area contributed by atoms with Crippen LogP contribution in [0.5, 0.6) is 0 Å². The van der Waals surface area contributed by atoms with Crippen molar-refractivity contribution in [2.45, 2.75) is 64.7 Å². The fourth-order valence-corrected chi connectivity index (χ4v) is 2.05. The number of carbonyl (C=O) groups is 2. The molecule has 20 heavy (non-hydrogen) atoms. The minimum absolute atomic E-state index is 0.152. The highest BCUT2D eigenvalue weighted by Crippen LogP contribution is 2.20. The standard InChI is InChI=1S/C14H25NO5/c1-14(2,3)20-13(18)15-9-6-10-19-11(15)7-4-5-8-12(16)17/h11H,4-10H2,1-3H3,(H,16,17). The molecule has 0 bridgehead atoms. The number of hydrogen-bond donors (Lipinski definition) is 1. The highest BCUT2D eigenvalue weighted by atomic mass is 16.6. The van der Waals surface area contributed by atoms with Crippen molar-refractivity contribution in [2.24, 2.45) is 0 Å². The molecular weight excluding hydrogens is 262 g/mol. The number of rotatable bonds is 5. The Kier molecular flexibility index (Phi) is 6.26. The Balaban J connectivity index is 2.45. The van der Waals surface area contributed by atoms with Crippen molar-refractivity contribution in [1.29, 1.82) is 0 Å². The molecular formula is C14H25NO5. The van der Waals surface area contributed by atoms with Crippen LogP contribution >= 0.6 is 0 Å².